The van der Waals surface area contributed by atoms with E-state index >= 15 is 0 Å². The maximum Gasteiger partial charge on any atom is 0.253 e. The number of ether oxygens (including phenoxy) is 1. The van der Waals surface area contributed by atoms with Gasteiger partial charge in [-0.25, -0.2) is 9.97 Å². The summed E-state index contributed by atoms with van der Waals surface area (Å²) in [6, 6.07) is 5.02. The summed E-state index contributed by atoms with van der Waals surface area (Å²) in [7, 11) is 1.54. The molecule has 0 aromatic carbocycles. The van der Waals surface area contributed by atoms with Crippen molar-refractivity contribution in [3.63, 3.8) is 0 Å². The lowest BCUT2D eigenvalue weighted by molar-refractivity contribution is 0.0950. The molecule has 2 aromatic rings. The number of methoxy groups -OCH3 is 1. The number of nitrogen functional groups attached to an aromatic ring is 1. The number of nitrogens with one attached hydrogen (secondary N) is 1. The number of nitrogens with zero attached hydrogens (tertiary/aromatic N) is 2. The van der Waals surface area contributed by atoms with Gasteiger partial charge >= 0.3 is 0 Å². The second kappa shape index (κ2) is 6.21. The highest BCUT2D eigenvalue weighted by Crippen LogP contribution is 2.16. The van der Waals surface area contributed by atoms with Gasteiger partial charge in [0.15, 0.2) is 0 Å². The van der Waals surface area contributed by atoms with E-state index in [-0.39, 0.29) is 16.7 Å². The molecule has 0 aliphatic heterocycles. The highest BCUT2D eigenvalue weighted by atomic mass is 35.5. The molecule has 0 unspecified atom stereocenters. The molecule has 0 aliphatic carbocycles. The van der Waals surface area contributed by atoms with Crippen LogP contribution in [0.15, 0.2) is 30.6 Å². The first-order chi connectivity index (χ1) is 9.60. The normalized spacial score (nSPS) is 10.1. The average molecular weight is 293 g/mol. The van der Waals surface area contributed by atoms with E-state index < -0.39 is 0 Å². The van der Waals surface area contributed by atoms with Crippen molar-refractivity contribution in [3.8, 4) is 5.88 Å². The van der Waals surface area contributed by atoms with Crippen LogP contribution in [0.3, 0.4) is 0 Å². The lowest BCUT2D eigenvalue weighted by Crippen LogP contribution is -2.23. The summed E-state index contributed by atoms with van der Waals surface area (Å²) in [5.41, 5.74) is 6.69. The fraction of sp³-hybridized carbons (Fsp3) is 0.154. The Balaban J connectivity index is 1.98. The molecule has 0 radical (unpaired) electrons. The van der Waals surface area contributed by atoms with E-state index in [4.69, 9.17) is 22.1 Å². The van der Waals surface area contributed by atoms with Crippen molar-refractivity contribution in [3.05, 3.63) is 46.7 Å². The van der Waals surface area contributed by atoms with Crippen molar-refractivity contribution in [1.82, 2.24) is 15.3 Å². The monoisotopic (exact) mass is 292 g/mol. The van der Waals surface area contributed by atoms with Crippen molar-refractivity contribution < 1.29 is 9.53 Å². The second-order valence-corrected chi connectivity index (χ2v) is 4.39. The SMILES string of the molecule is COc1ccc(CNC(=O)c2cnc(N)c(Cl)c2)cn1. The zero-order chi connectivity index (χ0) is 14.5. The minimum absolute atomic E-state index is 0.197. The third-order valence-electron chi connectivity index (χ3n) is 2.59. The van der Waals surface area contributed by atoms with Crippen LogP contribution < -0.4 is 15.8 Å². The number of rotatable bonds is 4. The molecule has 20 heavy (non-hydrogen) atoms. The van der Waals surface area contributed by atoms with Crippen LogP contribution in [0.2, 0.25) is 5.02 Å². The summed E-state index contributed by atoms with van der Waals surface area (Å²) in [6.45, 7) is 0.345. The van der Waals surface area contributed by atoms with Crippen molar-refractivity contribution in [2.24, 2.45) is 0 Å². The number of pyridine rings is 2. The Morgan fingerprint density at radius 3 is 2.80 bits per heavy atom. The van der Waals surface area contributed by atoms with Crippen LogP contribution in [-0.4, -0.2) is 23.0 Å². The Hall–Kier alpha value is -2.34. The summed E-state index contributed by atoms with van der Waals surface area (Å²) < 4.78 is 4.96. The first-order valence-electron chi connectivity index (χ1n) is 5.78. The Bertz CT molecular complexity index is 616. The van der Waals surface area contributed by atoms with Gasteiger partial charge in [-0.15, -0.1) is 0 Å². The fourth-order valence-corrected chi connectivity index (χ4v) is 1.66. The molecule has 0 fully saturated rings. The van der Waals surface area contributed by atoms with Crippen LogP contribution in [0.5, 0.6) is 5.88 Å². The Kier molecular flexibility index (Phi) is 4.37. The van der Waals surface area contributed by atoms with Crippen LogP contribution in [0.1, 0.15) is 15.9 Å². The third-order valence-corrected chi connectivity index (χ3v) is 2.89. The topological polar surface area (TPSA) is 90.1 Å². The molecule has 0 atom stereocenters. The van der Waals surface area contributed by atoms with E-state index in [9.17, 15) is 4.79 Å². The van der Waals surface area contributed by atoms with Gasteiger partial charge in [0.1, 0.15) is 5.82 Å². The van der Waals surface area contributed by atoms with Crippen molar-refractivity contribution in [2.75, 3.05) is 12.8 Å². The molecule has 104 valence electrons. The van der Waals surface area contributed by atoms with Gasteiger partial charge in [0.2, 0.25) is 5.88 Å². The van der Waals surface area contributed by atoms with Gasteiger partial charge in [0, 0.05) is 25.0 Å². The number of aromatic nitrogens is 2. The molecule has 2 heterocycles. The predicted molar refractivity (Wildman–Crippen MR) is 75.6 cm³/mol. The van der Waals surface area contributed by atoms with Crippen LogP contribution in [0.25, 0.3) is 0 Å². The van der Waals surface area contributed by atoms with Crippen LogP contribution in [0.4, 0.5) is 5.82 Å². The molecule has 0 spiro atoms. The number of nitrogens with two attached hydrogens (primary N) is 1. The van der Waals surface area contributed by atoms with Gasteiger partial charge < -0.3 is 15.8 Å². The summed E-state index contributed by atoms with van der Waals surface area (Å²) in [5, 5.41) is 2.99. The molecule has 1 amide bonds. The van der Waals surface area contributed by atoms with Crippen LogP contribution >= 0.6 is 11.6 Å². The van der Waals surface area contributed by atoms with Gasteiger partial charge in [-0.2, -0.15) is 0 Å². The van der Waals surface area contributed by atoms with Gasteiger partial charge in [0.25, 0.3) is 5.91 Å². The number of anilines is 1. The highest BCUT2D eigenvalue weighted by molar-refractivity contribution is 6.33. The maximum absolute atomic E-state index is 11.9. The summed E-state index contributed by atoms with van der Waals surface area (Å²) >= 11 is 5.82. The minimum atomic E-state index is -0.282. The van der Waals surface area contributed by atoms with Crippen LogP contribution in [-0.2, 0) is 6.54 Å². The lowest BCUT2D eigenvalue weighted by atomic mass is 10.2. The molecule has 7 heteroatoms. The number of amides is 1. The second-order valence-electron chi connectivity index (χ2n) is 3.98. The quantitative estimate of drug-likeness (QED) is 0.894. The summed E-state index contributed by atoms with van der Waals surface area (Å²) in [4.78, 5) is 19.8. The first kappa shape index (κ1) is 14.1. The van der Waals surface area contributed by atoms with Crippen molar-refractivity contribution >= 4 is 23.3 Å². The van der Waals surface area contributed by atoms with E-state index in [0.717, 1.165) is 5.56 Å². The molecular weight excluding hydrogens is 280 g/mol. The van der Waals surface area contributed by atoms with Gasteiger partial charge in [0.05, 0.1) is 17.7 Å². The fourth-order valence-electron chi connectivity index (χ4n) is 1.49. The zero-order valence-corrected chi connectivity index (χ0v) is 11.5. The van der Waals surface area contributed by atoms with Crippen molar-refractivity contribution in [2.45, 2.75) is 6.54 Å². The Morgan fingerprint density at radius 1 is 1.40 bits per heavy atom. The van der Waals surface area contributed by atoms with E-state index in [1.165, 1.54) is 12.3 Å². The largest absolute Gasteiger partial charge is 0.481 e. The zero-order valence-electron chi connectivity index (χ0n) is 10.8. The molecular formula is C13H13ClN4O2. The van der Waals surface area contributed by atoms with Gasteiger partial charge in [-0.05, 0) is 11.6 Å². The number of halogens is 1. The molecule has 2 rings (SSSR count). The molecule has 6 nitrogen and oxygen atoms in total. The van der Waals surface area contributed by atoms with Gasteiger partial charge in [-0.1, -0.05) is 17.7 Å². The smallest absolute Gasteiger partial charge is 0.253 e. The maximum atomic E-state index is 11.9. The molecule has 0 aliphatic rings. The minimum Gasteiger partial charge on any atom is -0.481 e. The Labute approximate surface area is 120 Å². The number of hydrogen-bond donors (Lipinski definition) is 2. The predicted octanol–water partition coefficient (Wildman–Crippen LogP) is 1.65. The van der Waals surface area contributed by atoms with Gasteiger partial charge in [-0.3, -0.25) is 4.79 Å². The summed E-state index contributed by atoms with van der Waals surface area (Å²) in [5.74, 6) is 0.437. The Morgan fingerprint density at radius 2 is 2.20 bits per heavy atom. The number of carbonyl (C=O) groups is 1. The van der Waals surface area contributed by atoms with E-state index in [1.807, 2.05) is 6.07 Å². The first-order valence-corrected chi connectivity index (χ1v) is 6.16. The average Bonchev–Trinajstić information content (AvgIpc) is 2.48. The summed E-state index contributed by atoms with van der Waals surface area (Å²) in [6.07, 6.45) is 3.01. The molecule has 0 bridgehead atoms. The molecule has 0 saturated heterocycles. The standard InChI is InChI=1S/C13H13ClN4O2/c1-20-11-3-2-8(5-16-11)6-18-13(19)9-4-10(14)12(15)17-7-9/h2-5,7H,6H2,1H3,(H2,15,17)(H,18,19). The molecule has 0 saturated carbocycles. The number of hydrogen-bond acceptors (Lipinski definition) is 5. The molecule has 2 aromatic heterocycles. The molecule has 3 N–H and O–H groups in total. The lowest BCUT2D eigenvalue weighted by Gasteiger charge is -2.06. The van der Waals surface area contributed by atoms with Crippen molar-refractivity contribution in [1.29, 1.82) is 0 Å². The van der Waals surface area contributed by atoms with E-state index in [2.05, 4.69) is 15.3 Å². The van der Waals surface area contributed by atoms with E-state index in [1.54, 1.807) is 19.4 Å². The number of carbonyl (C=O) groups excluding carboxylic acids is 1. The third kappa shape index (κ3) is 3.36. The van der Waals surface area contributed by atoms with E-state index in [0.29, 0.717) is 18.0 Å². The van der Waals surface area contributed by atoms with Crippen LogP contribution in [0, 0.1) is 0 Å². The highest BCUT2D eigenvalue weighted by Gasteiger charge is 2.08.